The summed E-state index contributed by atoms with van der Waals surface area (Å²) >= 11 is 0. The molecule has 0 spiro atoms. The van der Waals surface area contributed by atoms with Gasteiger partial charge in [-0.15, -0.1) is 0 Å². The lowest BCUT2D eigenvalue weighted by atomic mass is 10.2. The van der Waals surface area contributed by atoms with E-state index in [2.05, 4.69) is 32.2 Å². The van der Waals surface area contributed by atoms with Gasteiger partial charge in [0.25, 0.3) is 0 Å². The van der Waals surface area contributed by atoms with Crippen LogP contribution in [0.2, 0.25) is 0 Å². The van der Waals surface area contributed by atoms with Crippen LogP contribution in [-0.4, -0.2) is 78.8 Å². The van der Waals surface area contributed by atoms with Crippen molar-refractivity contribution in [1.29, 1.82) is 0 Å². The number of amides is 1. The van der Waals surface area contributed by atoms with Crippen molar-refractivity contribution >= 4 is 5.91 Å². The molecule has 0 unspecified atom stereocenters. The maximum absolute atomic E-state index is 11.8. The van der Waals surface area contributed by atoms with E-state index in [0.29, 0.717) is 31.4 Å². The summed E-state index contributed by atoms with van der Waals surface area (Å²) in [5, 5.41) is 6.68. The summed E-state index contributed by atoms with van der Waals surface area (Å²) in [6.07, 6.45) is 0. The molecule has 1 amide bonds. The van der Waals surface area contributed by atoms with Gasteiger partial charge in [-0.1, -0.05) is 5.16 Å². The minimum Gasteiger partial charge on any atom is -0.383 e. The Hall–Kier alpha value is -1.51. The zero-order valence-electron chi connectivity index (χ0n) is 13.5. The molecule has 8 nitrogen and oxygen atoms in total. The molecular formula is C14H25N5O3. The summed E-state index contributed by atoms with van der Waals surface area (Å²) in [4.78, 5) is 20.5. The summed E-state index contributed by atoms with van der Waals surface area (Å²) in [6.45, 7) is 8.90. The maximum Gasteiger partial charge on any atom is 0.243 e. The highest BCUT2D eigenvalue weighted by atomic mass is 16.5. The third kappa shape index (κ3) is 4.75. The quantitative estimate of drug-likeness (QED) is 0.699. The van der Waals surface area contributed by atoms with Crippen molar-refractivity contribution in [3.8, 4) is 0 Å². The number of hydrogen-bond donors (Lipinski definition) is 1. The SMILES string of the molecule is COCCNC(=O)CN1CCN([C@H](C)c2nc(C)no2)CC1. The van der Waals surface area contributed by atoms with E-state index in [-0.39, 0.29) is 11.9 Å². The highest BCUT2D eigenvalue weighted by Gasteiger charge is 2.26. The van der Waals surface area contributed by atoms with Crippen molar-refractivity contribution < 1.29 is 14.1 Å². The zero-order valence-corrected chi connectivity index (χ0v) is 13.5. The van der Waals surface area contributed by atoms with Crippen molar-refractivity contribution in [1.82, 2.24) is 25.3 Å². The standard InChI is InChI=1S/C14H25N5O3/c1-11(14-16-12(2)17-22-14)19-7-5-18(6-8-19)10-13(20)15-4-9-21-3/h11H,4-10H2,1-3H3,(H,15,20)/t11-/m1/s1. The van der Waals surface area contributed by atoms with Crippen LogP contribution >= 0.6 is 0 Å². The first-order valence-corrected chi connectivity index (χ1v) is 7.62. The molecule has 0 aliphatic carbocycles. The Bertz CT molecular complexity index is 471. The van der Waals surface area contributed by atoms with Crippen LogP contribution in [0, 0.1) is 6.92 Å². The van der Waals surface area contributed by atoms with Crippen LogP contribution in [0.15, 0.2) is 4.52 Å². The first-order valence-electron chi connectivity index (χ1n) is 7.62. The Morgan fingerprint density at radius 2 is 2.14 bits per heavy atom. The molecule has 0 saturated carbocycles. The fourth-order valence-corrected chi connectivity index (χ4v) is 2.50. The molecule has 0 radical (unpaired) electrons. The fraction of sp³-hybridized carbons (Fsp3) is 0.786. The number of hydrogen-bond acceptors (Lipinski definition) is 7. The van der Waals surface area contributed by atoms with Gasteiger partial charge in [0.1, 0.15) is 0 Å². The van der Waals surface area contributed by atoms with Gasteiger partial charge in [-0.25, -0.2) is 0 Å². The van der Waals surface area contributed by atoms with Crippen LogP contribution in [0.25, 0.3) is 0 Å². The van der Waals surface area contributed by atoms with E-state index in [1.165, 1.54) is 0 Å². The predicted molar refractivity (Wildman–Crippen MR) is 80.3 cm³/mol. The minimum absolute atomic E-state index is 0.0473. The highest BCUT2D eigenvalue weighted by molar-refractivity contribution is 5.77. The molecule has 1 atom stereocenters. The summed E-state index contributed by atoms with van der Waals surface area (Å²) in [6, 6.07) is 0.110. The van der Waals surface area contributed by atoms with Crippen LogP contribution in [0.3, 0.4) is 0 Å². The first kappa shape index (κ1) is 16.9. The zero-order chi connectivity index (χ0) is 15.9. The second-order valence-electron chi connectivity index (χ2n) is 5.51. The Labute approximate surface area is 130 Å². The molecule has 2 heterocycles. The maximum atomic E-state index is 11.8. The molecule has 1 fully saturated rings. The molecule has 1 aromatic heterocycles. The number of rotatable bonds is 7. The Morgan fingerprint density at radius 1 is 1.41 bits per heavy atom. The molecule has 22 heavy (non-hydrogen) atoms. The molecule has 1 aliphatic rings. The van der Waals surface area contributed by atoms with Gasteiger partial charge >= 0.3 is 0 Å². The molecule has 0 aromatic carbocycles. The van der Waals surface area contributed by atoms with E-state index in [9.17, 15) is 4.79 Å². The largest absolute Gasteiger partial charge is 0.383 e. The van der Waals surface area contributed by atoms with Gasteiger partial charge < -0.3 is 14.6 Å². The summed E-state index contributed by atoms with van der Waals surface area (Å²) < 4.78 is 10.1. The number of aromatic nitrogens is 2. The smallest absolute Gasteiger partial charge is 0.243 e. The van der Waals surface area contributed by atoms with Crippen molar-refractivity contribution in [3.63, 3.8) is 0 Å². The summed E-state index contributed by atoms with van der Waals surface area (Å²) in [5.74, 6) is 1.36. The van der Waals surface area contributed by atoms with E-state index in [1.54, 1.807) is 7.11 Å². The lowest BCUT2D eigenvalue weighted by molar-refractivity contribution is -0.122. The second kappa shape index (κ2) is 8.21. The van der Waals surface area contributed by atoms with Crippen molar-refractivity contribution in [2.24, 2.45) is 0 Å². The number of aryl methyl sites for hydroxylation is 1. The van der Waals surface area contributed by atoms with E-state index in [0.717, 1.165) is 26.2 Å². The average Bonchev–Trinajstić information content (AvgIpc) is 2.94. The Morgan fingerprint density at radius 3 is 2.73 bits per heavy atom. The van der Waals surface area contributed by atoms with Gasteiger partial charge in [0.2, 0.25) is 11.8 Å². The number of carbonyl (C=O) groups excluding carboxylic acids is 1. The molecule has 1 saturated heterocycles. The average molecular weight is 311 g/mol. The molecular weight excluding hydrogens is 286 g/mol. The van der Waals surface area contributed by atoms with Crippen molar-refractivity contribution in [2.75, 3.05) is 53.0 Å². The molecule has 1 aliphatic heterocycles. The predicted octanol–water partition coefficient (Wildman–Crippen LogP) is -0.181. The normalized spacial score (nSPS) is 18.3. The summed E-state index contributed by atoms with van der Waals surface area (Å²) in [7, 11) is 1.62. The number of carbonyl (C=O) groups is 1. The third-order valence-corrected chi connectivity index (χ3v) is 3.85. The Balaban J connectivity index is 1.72. The monoisotopic (exact) mass is 311 g/mol. The van der Waals surface area contributed by atoms with E-state index < -0.39 is 0 Å². The summed E-state index contributed by atoms with van der Waals surface area (Å²) in [5.41, 5.74) is 0. The highest BCUT2D eigenvalue weighted by Crippen LogP contribution is 2.19. The number of nitrogens with zero attached hydrogens (tertiary/aromatic N) is 4. The molecule has 2 rings (SSSR count). The van der Waals surface area contributed by atoms with E-state index in [4.69, 9.17) is 9.26 Å². The number of nitrogens with one attached hydrogen (secondary N) is 1. The van der Waals surface area contributed by atoms with Crippen molar-refractivity contribution in [2.45, 2.75) is 19.9 Å². The van der Waals surface area contributed by atoms with Crippen LogP contribution in [0.4, 0.5) is 0 Å². The molecule has 1 N–H and O–H groups in total. The lowest BCUT2D eigenvalue weighted by Crippen LogP contribution is -2.50. The number of methoxy groups -OCH3 is 1. The van der Waals surface area contributed by atoms with Crippen LogP contribution in [0.1, 0.15) is 24.7 Å². The van der Waals surface area contributed by atoms with Crippen molar-refractivity contribution in [3.05, 3.63) is 11.7 Å². The van der Waals surface area contributed by atoms with E-state index in [1.807, 2.05) is 6.92 Å². The molecule has 0 bridgehead atoms. The Kier molecular flexibility index (Phi) is 6.29. The van der Waals surface area contributed by atoms with Crippen LogP contribution < -0.4 is 5.32 Å². The number of piperazine rings is 1. The fourth-order valence-electron chi connectivity index (χ4n) is 2.50. The van der Waals surface area contributed by atoms with Gasteiger partial charge in [-0.2, -0.15) is 4.98 Å². The topological polar surface area (TPSA) is 83.7 Å². The van der Waals surface area contributed by atoms with Crippen LogP contribution in [-0.2, 0) is 9.53 Å². The van der Waals surface area contributed by atoms with Gasteiger partial charge in [0.15, 0.2) is 5.82 Å². The van der Waals surface area contributed by atoms with Gasteiger partial charge in [-0.3, -0.25) is 14.6 Å². The minimum atomic E-state index is 0.0473. The molecule has 1 aromatic rings. The van der Waals surface area contributed by atoms with Gasteiger partial charge in [0, 0.05) is 39.8 Å². The lowest BCUT2D eigenvalue weighted by Gasteiger charge is -2.36. The second-order valence-corrected chi connectivity index (χ2v) is 5.51. The third-order valence-electron chi connectivity index (χ3n) is 3.85. The van der Waals surface area contributed by atoms with Gasteiger partial charge in [-0.05, 0) is 13.8 Å². The van der Waals surface area contributed by atoms with Crippen LogP contribution in [0.5, 0.6) is 0 Å². The molecule has 8 heteroatoms. The first-order chi connectivity index (χ1) is 10.6. The number of ether oxygens (including phenoxy) is 1. The molecule has 124 valence electrons. The van der Waals surface area contributed by atoms with E-state index >= 15 is 0 Å². The van der Waals surface area contributed by atoms with Gasteiger partial charge in [0.05, 0.1) is 19.2 Å².